The molecule has 0 radical (unpaired) electrons. The fourth-order valence-electron chi connectivity index (χ4n) is 2.30. The van der Waals surface area contributed by atoms with Gasteiger partial charge in [0.15, 0.2) is 5.82 Å². The van der Waals surface area contributed by atoms with Crippen molar-refractivity contribution in [1.29, 1.82) is 0 Å². The minimum atomic E-state index is -4.25. The Morgan fingerprint density at radius 1 is 1.23 bits per heavy atom. The molecule has 1 aromatic carbocycles. The molecule has 1 aliphatic carbocycles. The van der Waals surface area contributed by atoms with Gasteiger partial charge in [0.05, 0.1) is 0 Å². The monoisotopic (exact) mass is 327 g/mol. The highest BCUT2D eigenvalue weighted by molar-refractivity contribution is 7.92. The van der Waals surface area contributed by atoms with Crippen molar-refractivity contribution in [3.8, 4) is 0 Å². The molecule has 0 unspecified atom stereocenters. The minimum Gasteiger partial charge on any atom is -0.280 e. The Morgan fingerprint density at radius 2 is 1.91 bits per heavy atom. The second-order valence-electron chi connectivity index (χ2n) is 5.52. The Bertz CT molecular complexity index is 842. The molecule has 3 rings (SSSR count). The number of hydrogen-bond donors (Lipinski definition) is 2. The molecule has 0 atom stereocenters. The molecule has 0 saturated heterocycles. The van der Waals surface area contributed by atoms with Crippen molar-refractivity contribution in [3.05, 3.63) is 40.6 Å². The third-order valence-corrected chi connectivity index (χ3v) is 5.12. The van der Waals surface area contributed by atoms with E-state index in [1.54, 1.807) is 6.92 Å². The van der Waals surface area contributed by atoms with Gasteiger partial charge in [0, 0.05) is 17.2 Å². The van der Waals surface area contributed by atoms with E-state index >= 15 is 0 Å². The summed E-state index contributed by atoms with van der Waals surface area (Å²) >= 11 is 0. The van der Waals surface area contributed by atoms with E-state index in [9.17, 15) is 17.2 Å². The van der Waals surface area contributed by atoms with Gasteiger partial charge in [-0.1, -0.05) is 0 Å². The summed E-state index contributed by atoms with van der Waals surface area (Å²) in [7, 11) is -4.25. The number of aromatic amines is 1. The number of aryl methyl sites for hydroxylation is 1. The van der Waals surface area contributed by atoms with Crippen LogP contribution in [-0.4, -0.2) is 18.6 Å². The SMILES string of the molecule is Cc1cc(F)c(S(=O)(=O)Nc2n[nH]c(C3CC3)c2C)cc1F. The first-order valence-corrected chi connectivity index (χ1v) is 8.31. The molecule has 2 N–H and O–H groups in total. The molecule has 0 amide bonds. The van der Waals surface area contributed by atoms with Crippen LogP contribution in [0.4, 0.5) is 14.6 Å². The number of aromatic nitrogens is 2. The number of sulfonamides is 1. The predicted molar refractivity (Wildman–Crippen MR) is 77.2 cm³/mol. The van der Waals surface area contributed by atoms with E-state index in [-0.39, 0.29) is 11.4 Å². The maximum absolute atomic E-state index is 13.9. The molecule has 22 heavy (non-hydrogen) atoms. The Hall–Kier alpha value is -1.96. The molecule has 0 aliphatic heterocycles. The van der Waals surface area contributed by atoms with Crippen LogP contribution in [-0.2, 0) is 10.0 Å². The van der Waals surface area contributed by atoms with Gasteiger partial charge in [0.2, 0.25) is 0 Å². The van der Waals surface area contributed by atoms with Crippen LogP contribution in [0.15, 0.2) is 17.0 Å². The molecular weight excluding hydrogens is 312 g/mol. The van der Waals surface area contributed by atoms with Gasteiger partial charge in [0.25, 0.3) is 10.0 Å². The van der Waals surface area contributed by atoms with E-state index in [4.69, 9.17) is 0 Å². The van der Waals surface area contributed by atoms with Crippen LogP contribution in [0.3, 0.4) is 0 Å². The van der Waals surface area contributed by atoms with Crippen LogP contribution in [0, 0.1) is 25.5 Å². The number of benzene rings is 1. The number of anilines is 1. The third-order valence-electron chi connectivity index (χ3n) is 3.77. The maximum Gasteiger partial charge on any atom is 0.266 e. The quantitative estimate of drug-likeness (QED) is 0.906. The van der Waals surface area contributed by atoms with Gasteiger partial charge in [-0.25, -0.2) is 17.2 Å². The van der Waals surface area contributed by atoms with Gasteiger partial charge in [0.1, 0.15) is 16.5 Å². The summed E-state index contributed by atoms with van der Waals surface area (Å²) in [6, 6.07) is 1.54. The van der Waals surface area contributed by atoms with Crippen LogP contribution >= 0.6 is 0 Å². The van der Waals surface area contributed by atoms with Gasteiger partial charge in [-0.2, -0.15) is 5.10 Å². The Balaban J connectivity index is 1.95. The lowest BCUT2D eigenvalue weighted by molar-refractivity contribution is 0.551. The molecular formula is C14H15F2N3O2S. The molecule has 1 aliphatic rings. The zero-order valence-corrected chi connectivity index (χ0v) is 12.9. The van der Waals surface area contributed by atoms with Crippen molar-refractivity contribution < 1.29 is 17.2 Å². The number of nitrogens with zero attached hydrogens (tertiary/aromatic N) is 1. The Labute approximate surface area is 126 Å². The van der Waals surface area contributed by atoms with E-state index in [0.717, 1.165) is 24.6 Å². The summed E-state index contributed by atoms with van der Waals surface area (Å²) < 4.78 is 54.1. The standard InChI is InChI=1S/C14H15F2N3O2S/c1-7-5-11(16)12(6-10(7)15)22(20,21)19-14-8(2)13(17-18-14)9-3-4-9/h5-6,9H,3-4H2,1-2H3,(H2,17,18,19). The lowest BCUT2D eigenvalue weighted by atomic mass is 10.2. The van der Waals surface area contributed by atoms with Gasteiger partial charge in [-0.05, 0) is 44.4 Å². The fourth-order valence-corrected chi connectivity index (χ4v) is 3.43. The van der Waals surface area contributed by atoms with E-state index in [0.29, 0.717) is 17.5 Å². The molecule has 0 bridgehead atoms. The molecule has 1 saturated carbocycles. The third kappa shape index (κ3) is 2.58. The van der Waals surface area contributed by atoms with Crippen LogP contribution in [0.2, 0.25) is 0 Å². The van der Waals surface area contributed by atoms with Crippen molar-refractivity contribution in [2.24, 2.45) is 0 Å². The number of hydrogen-bond acceptors (Lipinski definition) is 3. The summed E-state index contributed by atoms with van der Waals surface area (Å²) in [6.07, 6.45) is 2.07. The molecule has 0 spiro atoms. The van der Waals surface area contributed by atoms with Crippen molar-refractivity contribution in [1.82, 2.24) is 10.2 Å². The molecule has 2 aromatic rings. The first kappa shape index (κ1) is 15.0. The average Bonchev–Trinajstić information content (AvgIpc) is 3.21. The normalized spacial score (nSPS) is 15.1. The van der Waals surface area contributed by atoms with Crippen LogP contribution in [0.1, 0.15) is 35.6 Å². The van der Waals surface area contributed by atoms with Crippen molar-refractivity contribution in [2.75, 3.05) is 4.72 Å². The molecule has 1 fully saturated rings. The van der Waals surface area contributed by atoms with E-state index in [2.05, 4.69) is 14.9 Å². The second kappa shape index (κ2) is 5.05. The van der Waals surface area contributed by atoms with Crippen LogP contribution in [0.5, 0.6) is 0 Å². The van der Waals surface area contributed by atoms with E-state index in [1.165, 1.54) is 6.92 Å². The highest BCUT2D eigenvalue weighted by Gasteiger charge is 2.30. The van der Waals surface area contributed by atoms with Gasteiger partial charge in [-0.3, -0.25) is 9.82 Å². The average molecular weight is 327 g/mol. The summed E-state index contributed by atoms with van der Waals surface area (Å²) in [5.74, 6) is -1.29. The molecule has 5 nitrogen and oxygen atoms in total. The number of H-pyrrole nitrogens is 1. The lowest BCUT2D eigenvalue weighted by Crippen LogP contribution is -2.16. The highest BCUT2D eigenvalue weighted by atomic mass is 32.2. The number of nitrogens with one attached hydrogen (secondary N) is 2. The number of halogens is 2. The summed E-state index contributed by atoms with van der Waals surface area (Å²) in [5.41, 5.74) is 1.61. The Kier molecular flexibility index (Phi) is 3.43. The summed E-state index contributed by atoms with van der Waals surface area (Å²) in [6.45, 7) is 3.10. The van der Waals surface area contributed by atoms with E-state index in [1.807, 2.05) is 0 Å². The first-order valence-electron chi connectivity index (χ1n) is 6.83. The van der Waals surface area contributed by atoms with Crippen LogP contribution < -0.4 is 4.72 Å². The van der Waals surface area contributed by atoms with E-state index < -0.39 is 26.6 Å². The lowest BCUT2D eigenvalue weighted by Gasteiger charge is -2.09. The maximum atomic E-state index is 13.9. The molecule has 1 heterocycles. The van der Waals surface area contributed by atoms with Crippen LogP contribution in [0.25, 0.3) is 0 Å². The van der Waals surface area contributed by atoms with Gasteiger partial charge < -0.3 is 0 Å². The van der Waals surface area contributed by atoms with Gasteiger partial charge >= 0.3 is 0 Å². The second-order valence-corrected chi connectivity index (χ2v) is 7.17. The molecule has 8 heteroatoms. The minimum absolute atomic E-state index is 0.0448. The molecule has 118 valence electrons. The zero-order chi connectivity index (χ0) is 16.1. The van der Waals surface area contributed by atoms with Crippen molar-refractivity contribution in [3.63, 3.8) is 0 Å². The molecule has 1 aromatic heterocycles. The zero-order valence-electron chi connectivity index (χ0n) is 12.1. The number of rotatable bonds is 4. The van der Waals surface area contributed by atoms with Gasteiger partial charge in [-0.15, -0.1) is 0 Å². The largest absolute Gasteiger partial charge is 0.280 e. The van der Waals surface area contributed by atoms with Crippen molar-refractivity contribution >= 4 is 15.8 Å². The smallest absolute Gasteiger partial charge is 0.266 e. The summed E-state index contributed by atoms with van der Waals surface area (Å²) in [5, 5.41) is 6.73. The predicted octanol–water partition coefficient (Wildman–Crippen LogP) is 2.98. The topological polar surface area (TPSA) is 74.8 Å². The highest BCUT2D eigenvalue weighted by Crippen LogP contribution is 2.41. The summed E-state index contributed by atoms with van der Waals surface area (Å²) in [4.78, 5) is -0.731. The fraction of sp³-hybridized carbons (Fsp3) is 0.357. The first-order chi connectivity index (χ1) is 10.3. The van der Waals surface area contributed by atoms with Crippen molar-refractivity contribution in [2.45, 2.75) is 37.5 Å². The Morgan fingerprint density at radius 3 is 2.55 bits per heavy atom.